The molecule has 56 valence electrons. The molecule has 3 atom stereocenters. The highest BCUT2D eigenvalue weighted by atomic mass is 16.5. The molecular weight excluding hydrogens is 132 g/mol. The largest absolute Gasteiger partial charge is 0.393 e. The predicted octanol–water partition coefficient (Wildman–Crippen LogP) is -0.626. The molecule has 0 amide bonds. The lowest BCUT2D eigenvalue weighted by atomic mass is 10.1. The van der Waals surface area contributed by atoms with Crippen molar-refractivity contribution in [1.82, 2.24) is 0 Å². The van der Waals surface area contributed by atoms with Gasteiger partial charge in [-0.3, -0.25) is 0 Å². The van der Waals surface area contributed by atoms with Crippen molar-refractivity contribution in [3.8, 4) is 0 Å². The maximum atomic E-state index is 9.11. The molecule has 0 bridgehead atoms. The van der Waals surface area contributed by atoms with Gasteiger partial charge in [0.2, 0.25) is 0 Å². The topological polar surface area (TPSA) is 49.7 Å². The number of aliphatic hydroxyl groups excluding tert-OH is 2. The average Bonchev–Trinajstić information content (AvgIpc) is 2.17. The lowest BCUT2D eigenvalue weighted by molar-refractivity contribution is 0.0154. The van der Waals surface area contributed by atoms with Crippen LogP contribution in [0.3, 0.4) is 0 Å². The minimum Gasteiger partial charge on any atom is -0.393 e. The molecule has 0 saturated carbocycles. The van der Waals surface area contributed by atoms with Crippen LogP contribution in [0.4, 0.5) is 0 Å². The Bertz CT molecular complexity index is 144. The lowest BCUT2D eigenvalue weighted by Gasteiger charge is -2.05. The summed E-state index contributed by atoms with van der Waals surface area (Å²) in [6, 6.07) is 0. The summed E-state index contributed by atoms with van der Waals surface area (Å²) < 4.78 is 4.91. The van der Waals surface area contributed by atoms with E-state index in [4.69, 9.17) is 21.9 Å². The van der Waals surface area contributed by atoms with Crippen molar-refractivity contribution in [2.75, 3.05) is 6.61 Å². The van der Waals surface area contributed by atoms with Crippen molar-refractivity contribution in [1.29, 1.82) is 0 Å². The summed E-state index contributed by atoms with van der Waals surface area (Å²) in [7, 11) is 0. The van der Waals surface area contributed by atoms with Gasteiger partial charge in [0.1, 0.15) is 12.2 Å². The molecule has 1 heterocycles. The normalized spacial score (nSPS) is 40.7. The molecule has 0 aliphatic carbocycles. The van der Waals surface area contributed by atoms with Gasteiger partial charge in [0, 0.05) is 0 Å². The molecule has 1 rings (SSSR count). The first-order valence-corrected chi connectivity index (χ1v) is 3.05. The molecule has 0 aromatic carbocycles. The standard InChI is InChI=1S/C7H10O3/c1-4-6(3-8)10-5(2)7(4)9/h2,5-9H,1,3H2/t5-,6+,7?/m0/s1. The van der Waals surface area contributed by atoms with E-state index in [0.717, 1.165) is 0 Å². The van der Waals surface area contributed by atoms with E-state index in [9.17, 15) is 0 Å². The molecular formula is C7H10O3. The second kappa shape index (κ2) is 2.70. The van der Waals surface area contributed by atoms with E-state index in [-0.39, 0.29) is 6.61 Å². The molecule has 0 spiro atoms. The molecule has 1 aliphatic heterocycles. The third-order valence-electron chi connectivity index (χ3n) is 1.59. The van der Waals surface area contributed by atoms with Gasteiger partial charge in [-0.1, -0.05) is 6.58 Å². The smallest absolute Gasteiger partial charge is 0.104 e. The first kappa shape index (κ1) is 7.72. The number of ether oxygens (including phenoxy) is 1. The number of hydrogen-bond acceptors (Lipinski definition) is 3. The fourth-order valence-corrected chi connectivity index (χ4v) is 0.913. The second-order valence-corrected chi connectivity index (χ2v) is 2.29. The zero-order valence-electron chi connectivity index (χ0n) is 5.53. The van der Waals surface area contributed by atoms with Crippen LogP contribution in [-0.2, 0) is 4.74 Å². The van der Waals surface area contributed by atoms with E-state index < -0.39 is 18.3 Å². The molecule has 3 heteroatoms. The van der Waals surface area contributed by atoms with Gasteiger partial charge in [-0.25, -0.2) is 0 Å². The summed E-state index contributed by atoms with van der Waals surface area (Å²) in [5.74, 6) is 0. The van der Waals surface area contributed by atoms with Crippen LogP contribution >= 0.6 is 0 Å². The van der Waals surface area contributed by atoms with Gasteiger partial charge in [0.05, 0.1) is 12.7 Å². The fraction of sp³-hybridized carbons (Fsp3) is 0.571. The Labute approximate surface area is 59.9 Å². The minimum absolute atomic E-state index is 0.177. The lowest BCUT2D eigenvalue weighted by Crippen LogP contribution is -2.17. The van der Waals surface area contributed by atoms with Crippen LogP contribution < -0.4 is 0 Å². The Hall–Kier alpha value is -0.380. The van der Waals surface area contributed by atoms with Gasteiger partial charge in [-0.15, -0.1) is 0 Å². The van der Waals surface area contributed by atoms with Gasteiger partial charge in [0.15, 0.2) is 0 Å². The van der Waals surface area contributed by atoms with E-state index in [1.807, 2.05) is 0 Å². The Morgan fingerprint density at radius 2 is 2.30 bits per heavy atom. The zero-order valence-corrected chi connectivity index (χ0v) is 5.53. The van der Waals surface area contributed by atoms with Crippen molar-refractivity contribution in [2.45, 2.75) is 18.3 Å². The predicted molar refractivity (Wildman–Crippen MR) is 35.2 cm³/mol. The van der Waals surface area contributed by atoms with E-state index in [1.165, 1.54) is 0 Å². The Kier molecular flexibility index (Phi) is 2.08. The molecule has 10 heavy (non-hydrogen) atoms. The summed E-state index contributed by atoms with van der Waals surface area (Å²) in [5, 5.41) is 17.7. The average molecular weight is 142 g/mol. The van der Waals surface area contributed by atoms with Crippen molar-refractivity contribution < 1.29 is 14.9 Å². The van der Waals surface area contributed by atoms with Gasteiger partial charge >= 0.3 is 0 Å². The number of hydrogen-bond donors (Lipinski definition) is 2. The number of aliphatic hydroxyl groups is 2. The molecule has 0 aromatic heterocycles. The molecule has 1 saturated heterocycles. The molecule has 3 nitrogen and oxygen atoms in total. The molecule has 0 aromatic rings. The van der Waals surface area contributed by atoms with Crippen molar-refractivity contribution >= 4 is 0 Å². The maximum Gasteiger partial charge on any atom is 0.104 e. The summed E-state index contributed by atoms with van der Waals surface area (Å²) in [4.78, 5) is 0. The van der Waals surface area contributed by atoms with Crippen LogP contribution in [0, 0.1) is 6.92 Å². The van der Waals surface area contributed by atoms with Crippen LogP contribution in [0.2, 0.25) is 0 Å². The van der Waals surface area contributed by atoms with Gasteiger partial charge in [-0.2, -0.15) is 0 Å². The summed E-state index contributed by atoms with van der Waals surface area (Å²) in [6.45, 7) is 8.64. The SMILES string of the molecule is [CH][C@@H]1O[C@H](CO)C(=C)C1O. The van der Waals surface area contributed by atoms with Crippen molar-refractivity contribution in [3.05, 3.63) is 19.1 Å². The molecule has 1 fully saturated rings. The quantitative estimate of drug-likeness (QED) is 0.479. The minimum atomic E-state index is -0.836. The zero-order chi connectivity index (χ0) is 7.72. The van der Waals surface area contributed by atoms with Crippen molar-refractivity contribution in [2.24, 2.45) is 0 Å². The van der Waals surface area contributed by atoms with Gasteiger partial charge in [0.25, 0.3) is 0 Å². The number of rotatable bonds is 1. The van der Waals surface area contributed by atoms with Crippen LogP contribution in [0.5, 0.6) is 0 Å². The Balaban J connectivity index is 2.62. The first-order chi connectivity index (χ1) is 4.66. The van der Waals surface area contributed by atoms with Crippen LogP contribution in [0.1, 0.15) is 0 Å². The summed E-state index contributed by atoms with van der Waals surface area (Å²) >= 11 is 0. The second-order valence-electron chi connectivity index (χ2n) is 2.29. The first-order valence-electron chi connectivity index (χ1n) is 3.05. The third-order valence-corrected chi connectivity index (χ3v) is 1.59. The van der Waals surface area contributed by atoms with E-state index in [2.05, 4.69) is 6.58 Å². The van der Waals surface area contributed by atoms with Crippen LogP contribution in [0.25, 0.3) is 0 Å². The Morgan fingerprint density at radius 3 is 2.50 bits per heavy atom. The molecule has 2 radical (unpaired) electrons. The Morgan fingerprint density at radius 1 is 1.70 bits per heavy atom. The van der Waals surface area contributed by atoms with Crippen LogP contribution in [-0.4, -0.2) is 35.1 Å². The highest BCUT2D eigenvalue weighted by molar-refractivity contribution is 5.16. The fourth-order valence-electron chi connectivity index (χ4n) is 0.913. The van der Waals surface area contributed by atoms with Gasteiger partial charge in [-0.05, 0) is 12.5 Å². The third kappa shape index (κ3) is 1.08. The maximum absolute atomic E-state index is 9.11. The van der Waals surface area contributed by atoms with E-state index >= 15 is 0 Å². The monoisotopic (exact) mass is 142 g/mol. The van der Waals surface area contributed by atoms with E-state index in [0.29, 0.717) is 5.57 Å². The highest BCUT2D eigenvalue weighted by Crippen LogP contribution is 2.23. The summed E-state index contributed by atoms with van der Waals surface area (Å²) in [5.41, 5.74) is 0.454. The molecule has 2 N–H and O–H groups in total. The van der Waals surface area contributed by atoms with Gasteiger partial charge < -0.3 is 14.9 Å². The van der Waals surface area contributed by atoms with Crippen molar-refractivity contribution in [3.63, 3.8) is 0 Å². The molecule has 1 aliphatic rings. The summed E-state index contributed by atoms with van der Waals surface area (Å²) in [6.07, 6.45) is -2.06. The molecule has 1 unspecified atom stereocenters. The van der Waals surface area contributed by atoms with E-state index in [1.54, 1.807) is 0 Å². The van der Waals surface area contributed by atoms with Crippen LogP contribution in [0.15, 0.2) is 12.2 Å². The highest BCUT2D eigenvalue weighted by Gasteiger charge is 2.33.